The summed E-state index contributed by atoms with van der Waals surface area (Å²) in [7, 11) is 0. The molecule has 0 rings (SSSR count). The number of hydrogen-bond acceptors (Lipinski definition) is 3. The molecule has 0 aliphatic carbocycles. The van der Waals surface area contributed by atoms with Crippen molar-refractivity contribution in [1.82, 2.24) is 4.90 Å². The van der Waals surface area contributed by atoms with E-state index in [9.17, 15) is 4.79 Å². The molecule has 0 aromatic carbocycles. The zero-order valence-corrected chi connectivity index (χ0v) is 7.87. The third kappa shape index (κ3) is 2.46. The van der Waals surface area contributed by atoms with Crippen LogP contribution in [-0.4, -0.2) is 46.3 Å². The highest BCUT2D eigenvalue weighted by Crippen LogP contribution is 2.13. The van der Waals surface area contributed by atoms with Crippen LogP contribution in [0.3, 0.4) is 0 Å². The highest BCUT2D eigenvalue weighted by atomic mass is 16.4. The lowest BCUT2D eigenvalue weighted by molar-refractivity contribution is -0.149. The van der Waals surface area contributed by atoms with Gasteiger partial charge >= 0.3 is 5.97 Å². The van der Waals surface area contributed by atoms with Crippen LogP contribution in [-0.2, 0) is 4.79 Å². The summed E-state index contributed by atoms with van der Waals surface area (Å²) in [6, 6.07) is 0. The summed E-state index contributed by atoms with van der Waals surface area (Å²) in [5.74, 6) is -0.863. The summed E-state index contributed by atoms with van der Waals surface area (Å²) < 4.78 is 0. The fraction of sp³-hybridized carbons (Fsp3) is 0.875. The van der Waals surface area contributed by atoms with Gasteiger partial charge in [0.05, 0.1) is 6.61 Å². The molecule has 0 aliphatic heterocycles. The Kier molecular flexibility index (Phi) is 4.20. The third-order valence-electron chi connectivity index (χ3n) is 2.07. The van der Waals surface area contributed by atoms with Gasteiger partial charge in [0.25, 0.3) is 0 Å². The molecule has 0 fully saturated rings. The van der Waals surface area contributed by atoms with Crippen molar-refractivity contribution in [1.29, 1.82) is 0 Å². The SMILES string of the molecule is CCN(CCO)C(C)(C)C(=O)O. The Balaban J connectivity index is 4.36. The molecular formula is C8H17NO3. The second kappa shape index (κ2) is 4.42. The van der Waals surface area contributed by atoms with E-state index in [-0.39, 0.29) is 6.61 Å². The normalized spacial score (nSPS) is 12.1. The number of rotatable bonds is 5. The summed E-state index contributed by atoms with van der Waals surface area (Å²) in [6.07, 6.45) is 0. The van der Waals surface area contributed by atoms with Crippen molar-refractivity contribution in [2.24, 2.45) is 0 Å². The van der Waals surface area contributed by atoms with Crippen molar-refractivity contribution in [3.63, 3.8) is 0 Å². The Morgan fingerprint density at radius 3 is 2.25 bits per heavy atom. The first-order valence-electron chi connectivity index (χ1n) is 4.06. The van der Waals surface area contributed by atoms with Crippen molar-refractivity contribution in [3.05, 3.63) is 0 Å². The van der Waals surface area contributed by atoms with Gasteiger partial charge in [0.2, 0.25) is 0 Å². The Morgan fingerprint density at radius 2 is 2.00 bits per heavy atom. The van der Waals surface area contributed by atoms with E-state index in [0.29, 0.717) is 13.1 Å². The number of carboxylic acid groups (broad SMARTS) is 1. The number of likely N-dealkylation sites (N-methyl/N-ethyl adjacent to an activating group) is 1. The zero-order chi connectivity index (χ0) is 9.78. The summed E-state index contributed by atoms with van der Waals surface area (Å²) in [4.78, 5) is 12.5. The molecule has 72 valence electrons. The Morgan fingerprint density at radius 1 is 1.50 bits per heavy atom. The highest BCUT2D eigenvalue weighted by Gasteiger charge is 2.32. The number of carbonyl (C=O) groups is 1. The van der Waals surface area contributed by atoms with Crippen LogP contribution < -0.4 is 0 Å². The van der Waals surface area contributed by atoms with Crippen LogP contribution in [0.2, 0.25) is 0 Å². The molecule has 2 N–H and O–H groups in total. The number of aliphatic hydroxyl groups is 1. The van der Waals surface area contributed by atoms with Crippen LogP contribution in [0.4, 0.5) is 0 Å². The van der Waals surface area contributed by atoms with E-state index < -0.39 is 11.5 Å². The van der Waals surface area contributed by atoms with Crippen LogP contribution in [0.1, 0.15) is 20.8 Å². The standard InChI is InChI=1S/C8H17NO3/c1-4-9(5-6-10)8(2,3)7(11)12/h10H,4-6H2,1-3H3,(H,11,12). The van der Waals surface area contributed by atoms with E-state index in [1.165, 1.54) is 0 Å². The van der Waals surface area contributed by atoms with Crippen molar-refractivity contribution in [2.45, 2.75) is 26.3 Å². The maximum Gasteiger partial charge on any atom is 0.323 e. The lowest BCUT2D eigenvalue weighted by Gasteiger charge is -2.33. The first-order chi connectivity index (χ1) is 5.46. The summed E-state index contributed by atoms with van der Waals surface area (Å²) in [5.41, 5.74) is -0.891. The molecule has 0 heterocycles. The molecule has 4 heteroatoms. The Bertz CT molecular complexity index is 156. The van der Waals surface area contributed by atoms with Crippen molar-refractivity contribution < 1.29 is 15.0 Å². The van der Waals surface area contributed by atoms with Gasteiger partial charge in [-0.25, -0.2) is 0 Å². The van der Waals surface area contributed by atoms with Gasteiger partial charge in [0.15, 0.2) is 0 Å². The van der Waals surface area contributed by atoms with Gasteiger partial charge in [-0.3, -0.25) is 9.69 Å². The molecule has 0 aromatic rings. The molecule has 0 spiro atoms. The Labute approximate surface area is 72.8 Å². The molecule has 0 unspecified atom stereocenters. The quantitative estimate of drug-likeness (QED) is 0.625. The molecule has 4 nitrogen and oxygen atoms in total. The van der Waals surface area contributed by atoms with Crippen LogP contribution in [0.25, 0.3) is 0 Å². The maximum absolute atomic E-state index is 10.8. The minimum Gasteiger partial charge on any atom is -0.480 e. The Hall–Kier alpha value is -0.610. The molecule has 0 aromatic heterocycles. The zero-order valence-electron chi connectivity index (χ0n) is 7.87. The minimum absolute atomic E-state index is 0.00937. The number of nitrogens with zero attached hydrogens (tertiary/aromatic N) is 1. The number of aliphatic carboxylic acids is 1. The molecule has 0 amide bonds. The van der Waals surface area contributed by atoms with E-state index >= 15 is 0 Å². The fourth-order valence-corrected chi connectivity index (χ4v) is 1.09. The van der Waals surface area contributed by atoms with E-state index in [0.717, 1.165) is 0 Å². The lowest BCUT2D eigenvalue weighted by atomic mass is 10.0. The molecule has 0 aliphatic rings. The van der Waals surface area contributed by atoms with Crippen molar-refractivity contribution in [2.75, 3.05) is 19.7 Å². The average molecular weight is 175 g/mol. The second-order valence-corrected chi connectivity index (χ2v) is 3.17. The molecule has 0 radical (unpaired) electrons. The van der Waals surface area contributed by atoms with E-state index in [2.05, 4.69) is 0 Å². The monoisotopic (exact) mass is 175 g/mol. The van der Waals surface area contributed by atoms with Crippen LogP contribution in [0.5, 0.6) is 0 Å². The number of β-amino-alcohol motifs (C(OH)–C–C–N with tert-alkyl or cyclic N) is 1. The van der Waals surface area contributed by atoms with Gasteiger partial charge in [-0.15, -0.1) is 0 Å². The van der Waals surface area contributed by atoms with E-state index in [4.69, 9.17) is 10.2 Å². The van der Waals surface area contributed by atoms with E-state index in [1.807, 2.05) is 6.92 Å². The summed E-state index contributed by atoms with van der Waals surface area (Å²) in [5, 5.41) is 17.5. The molecule has 0 atom stereocenters. The number of hydrogen-bond donors (Lipinski definition) is 2. The summed E-state index contributed by atoms with van der Waals surface area (Å²) >= 11 is 0. The molecule has 0 saturated carbocycles. The minimum atomic E-state index is -0.891. The number of carboxylic acids is 1. The molecule has 12 heavy (non-hydrogen) atoms. The average Bonchev–Trinajstić information content (AvgIpc) is 1.99. The van der Waals surface area contributed by atoms with Gasteiger partial charge in [-0.2, -0.15) is 0 Å². The smallest absolute Gasteiger partial charge is 0.323 e. The summed E-state index contributed by atoms with van der Waals surface area (Å²) in [6.45, 7) is 6.16. The van der Waals surface area contributed by atoms with Crippen LogP contribution >= 0.6 is 0 Å². The fourth-order valence-electron chi connectivity index (χ4n) is 1.09. The van der Waals surface area contributed by atoms with E-state index in [1.54, 1.807) is 18.7 Å². The first kappa shape index (κ1) is 11.4. The van der Waals surface area contributed by atoms with Crippen molar-refractivity contribution in [3.8, 4) is 0 Å². The van der Waals surface area contributed by atoms with Gasteiger partial charge in [-0.1, -0.05) is 6.92 Å². The predicted octanol–water partition coefficient (Wildman–Crippen LogP) is 0.164. The van der Waals surface area contributed by atoms with Gasteiger partial charge in [0.1, 0.15) is 5.54 Å². The topological polar surface area (TPSA) is 60.8 Å². The first-order valence-corrected chi connectivity index (χ1v) is 4.06. The van der Waals surface area contributed by atoms with Gasteiger partial charge < -0.3 is 10.2 Å². The lowest BCUT2D eigenvalue weighted by Crippen LogP contribution is -2.51. The van der Waals surface area contributed by atoms with Crippen LogP contribution in [0.15, 0.2) is 0 Å². The maximum atomic E-state index is 10.8. The molecular weight excluding hydrogens is 158 g/mol. The second-order valence-electron chi connectivity index (χ2n) is 3.17. The van der Waals surface area contributed by atoms with Crippen molar-refractivity contribution >= 4 is 5.97 Å². The van der Waals surface area contributed by atoms with Crippen LogP contribution in [0, 0.1) is 0 Å². The van der Waals surface area contributed by atoms with Gasteiger partial charge in [-0.05, 0) is 20.4 Å². The third-order valence-corrected chi connectivity index (χ3v) is 2.07. The molecule has 0 bridgehead atoms. The molecule has 0 saturated heterocycles. The number of aliphatic hydroxyl groups excluding tert-OH is 1. The predicted molar refractivity (Wildman–Crippen MR) is 46.0 cm³/mol. The largest absolute Gasteiger partial charge is 0.480 e. The van der Waals surface area contributed by atoms with Gasteiger partial charge in [0, 0.05) is 6.54 Å². The highest BCUT2D eigenvalue weighted by molar-refractivity contribution is 5.77.